The van der Waals surface area contributed by atoms with Crippen LogP contribution in [0.2, 0.25) is 0 Å². The van der Waals surface area contributed by atoms with E-state index in [-0.39, 0.29) is 17.6 Å². The zero-order chi connectivity index (χ0) is 10.6. The van der Waals surface area contributed by atoms with Gasteiger partial charge in [0, 0.05) is 18.9 Å². The summed E-state index contributed by atoms with van der Waals surface area (Å²) in [5, 5.41) is 0. The Balaban J connectivity index is 2.12. The number of hydrogen-bond acceptors (Lipinski definition) is 3. The second-order valence-electron chi connectivity index (χ2n) is 4.86. The van der Waals surface area contributed by atoms with Gasteiger partial charge in [0.25, 0.3) is 0 Å². The molecule has 4 atom stereocenters. The van der Waals surface area contributed by atoms with Gasteiger partial charge in [0.2, 0.25) is 5.79 Å². The first kappa shape index (κ1) is 9.55. The standard InChI is InChI=1S/C12H16O3/c1-7-5-10-8-3-4-15-12(10,14-2)11(13)9(7)6-8/h5,8-10H,3-4,6H2,1-2H3/t8-,9+,10+,12-/m0/s1. The summed E-state index contributed by atoms with van der Waals surface area (Å²) in [5.74, 6) is -0.0317. The average molecular weight is 208 g/mol. The summed E-state index contributed by atoms with van der Waals surface area (Å²) in [5.41, 5.74) is 1.21. The van der Waals surface area contributed by atoms with Crippen molar-refractivity contribution in [3.05, 3.63) is 11.6 Å². The first-order valence-corrected chi connectivity index (χ1v) is 5.61. The predicted molar refractivity (Wildman–Crippen MR) is 54.2 cm³/mol. The van der Waals surface area contributed by atoms with Crippen molar-refractivity contribution in [2.45, 2.75) is 25.6 Å². The van der Waals surface area contributed by atoms with E-state index >= 15 is 0 Å². The van der Waals surface area contributed by atoms with Gasteiger partial charge in [-0.25, -0.2) is 0 Å². The number of carbonyl (C=O) groups excluding carboxylic acids is 1. The molecule has 1 aliphatic heterocycles. The van der Waals surface area contributed by atoms with Crippen LogP contribution in [0, 0.1) is 17.8 Å². The van der Waals surface area contributed by atoms with Crippen molar-refractivity contribution >= 4 is 5.78 Å². The van der Waals surface area contributed by atoms with Gasteiger partial charge < -0.3 is 9.47 Å². The van der Waals surface area contributed by atoms with Crippen LogP contribution in [0.3, 0.4) is 0 Å². The van der Waals surface area contributed by atoms with E-state index in [9.17, 15) is 4.79 Å². The molecule has 0 amide bonds. The Kier molecular flexibility index (Phi) is 1.86. The average Bonchev–Trinajstić information content (AvgIpc) is 2.24. The summed E-state index contributed by atoms with van der Waals surface area (Å²) in [6.45, 7) is 2.70. The maximum absolute atomic E-state index is 12.3. The summed E-state index contributed by atoms with van der Waals surface area (Å²) in [6, 6.07) is 0. The lowest BCUT2D eigenvalue weighted by molar-refractivity contribution is -0.274. The van der Waals surface area contributed by atoms with Crippen molar-refractivity contribution in [2.75, 3.05) is 13.7 Å². The van der Waals surface area contributed by atoms with Crippen molar-refractivity contribution in [3.8, 4) is 0 Å². The van der Waals surface area contributed by atoms with E-state index in [2.05, 4.69) is 6.08 Å². The van der Waals surface area contributed by atoms with Crippen LogP contribution in [0.5, 0.6) is 0 Å². The first-order chi connectivity index (χ1) is 7.19. The normalized spacial score (nSPS) is 48.0. The number of hydrogen-bond donors (Lipinski definition) is 0. The quantitative estimate of drug-likeness (QED) is 0.613. The lowest BCUT2D eigenvalue weighted by atomic mass is 9.60. The van der Waals surface area contributed by atoms with Gasteiger partial charge in [0.1, 0.15) is 0 Å². The van der Waals surface area contributed by atoms with E-state index in [1.54, 1.807) is 7.11 Å². The smallest absolute Gasteiger partial charge is 0.236 e. The molecule has 0 aromatic heterocycles. The van der Waals surface area contributed by atoms with Gasteiger partial charge in [-0.05, 0) is 25.7 Å². The summed E-state index contributed by atoms with van der Waals surface area (Å²) in [6.07, 6.45) is 4.26. The largest absolute Gasteiger partial charge is 0.347 e. The highest BCUT2D eigenvalue weighted by Crippen LogP contribution is 2.52. The van der Waals surface area contributed by atoms with Crippen molar-refractivity contribution < 1.29 is 14.3 Å². The Morgan fingerprint density at radius 2 is 2.40 bits per heavy atom. The molecule has 2 fully saturated rings. The Morgan fingerprint density at radius 3 is 3.13 bits per heavy atom. The second-order valence-corrected chi connectivity index (χ2v) is 4.86. The molecule has 82 valence electrons. The third-order valence-corrected chi connectivity index (χ3v) is 4.25. The minimum absolute atomic E-state index is 0.0419. The predicted octanol–water partition coefficient (Wildman–Crippen LogP) is 1.53. The monoisotopic (exact) mass is 208 g/mol. The van der Waals surface area contributed by atoms with Crippen LogP contribution >= 0.6 is 0 Å². The highest BCUT2D eigenvalue weighted by Gasteiger charge is 2.61. The van der Waals surface area contributed by atoms with Gasteiger partial charge in [-0.2, -0.15) is 0 Å². The van der Waals surface area contributed by atoms with Gasteiger partial charge >= 0.3 is 0 Å². The minimum atomic E-state index is -0.939. The molecular formula is C12H16O3. The Labute approximate surface area is 89.4 Å². The SMILES string of the molecule is CO[C@@]12OCC[C@H]3C[C@@H](C1=O)C(C)=C[C@H]32. The fourth-order valence-electron chi connectivity index (χ4n) is 3.43. The van der Waals surface area contributed by atoms with Crippen molar-refractivity contribution in [1.82, 2.24) is 0 Å². The van der Waals surface area contributed by atoms with Gasteiger partial charge in [-0.3, -0.25) is 4.79 Å². The molecule has 1 saturated carbocycles. The molecule has 0 spiro atoms. The molecular weight excluding hydrogens is 192 g/mol. The number of ether oxygens (including phenoxy) is 2. The molecule has 3 nitrogen and oxygen atoms in total. The van der Waals surface area contributed by atoms with Crippen molar-refractivity contribution in [2.24, 2.45) is 17.8 Å². The molecule has 4 bridgehead atoms. The molecule has 3 heteroatoms. The number of methoxy groups -OCH3 is 1. The fourth-order valence-corrected chi connectivity index (χ4v) is 3.43. The second kappa shape index (κ2) is 2.92. The van der Waals surface area contributed by atoms with E-state index in [0.29, 0.717) is 12.5 Å². The van der Waals surface area contributed by atoms with E-state index in [1.807, 2.05) is 6.92 Å². The lowest BCUT2D eigenvalue weighted by Gasteiger charge is -2.53. The van der Waals surface area contributed by atoms with Crippen LogP contribution in [-0.2, 0) is 14.3 Å². The summed E-state index contributed by atoms with van der Waals surface area (Å²) < 4.78 is 11.1. The van der Waals surface area contributed by atoms with E-state index < -0.39 is 5.79 Å². The number of allylic oxidation sites excluding steroid dienone is 1. The number of ketones is 1. The Morgan fingerprint density at radius 1 is 1.60 bits per heavy atom. The molecule has 4 rings (SSSR count). The van der Waals surface area contributed by atoms with Crippen LogP contribution < -0.4 is 0 Å². The fraction of sp³-hybridized carbons (Fsp3) is 0.750. The molecule has 0 aromatic rings. The summed E-state index contributed by atoms with van der Waals surface area (Å²) in [4.78, 5) is 12.3. The first-order valence-electron chi connectivity index (χ1n) is 5.61. The number of rotatable bonds is 1. The van der Waals surface area contributed by atoms with Crippen molar-refractivity contribution in [1.29, 1.82) is 0 Å². The third kappa shape index (κ3) is 1.00. The maximum atomic E-state index is 12.3. The van der Waals surface area contributed by atoms with Crippen LogP contribution in [0.15, 0.2) is 11.6 Å². The molecule has 3 aliphatic carbocycles. The van der Waals surface area contributed by atoms with Crippen molar-refractivity contribution in [3.63, 3.8) is 0 Å². The molecule has 0 radical (unpaired) electrons. The summed E-state index contributed by atoms with van der Waals surface area (Å²) in [7, 11) is 1.59. The van der Waals surface area contributed by atoms with Gasteiger partial charge in [0.15, 0.2) is 5.78 Å². The van der Waals surface area contributed by atoms with Gasteiger partial charge in [-0.1, -0.05) is 11.6 Å². The van der Waals surface area contributed by atoms with Crippen LogP contribution in [-0.4, -0.2) is 25.3 Å². The highest BCUT2D eigenvalue weighted by atomic mass is 16.7. The third-order valence-electron chi connectivity index (χ3n) is 4.25. The lowest BCUT2D eigenvalue weighted by Crippen LogP contribution is -2.63. The van der Waals surface area contributed by atoms with Gasteiger partial charge in [-0.15, -0.1) is 0 Å². The topological polar surface area (TPSA) is 35.5 Å². The number of carbonyl (C=O) groups is 1. The molecule has 0 aromatic carbocycles. The Bertz CT molecular complexity index is 347. The van der Waals surface area contributed by atoms with E-state index in [4.69, 9.17) is 9.47 Å². The van der Waals surface area contributed by atoms with Crippen LogP contribution in [0.25, 0.3) is 0 Å². The molecule has 1 saturated heterocycles. The molecule has 4 aliphatic rings. The molecule has 1 heterocycles. The molecule has 0 N–H and O–H groups in total. The van der Waals surface area contributed by atoms with Crippen LogP contribution in [0.1, 0.15) is 19.8 Å². The van der Waals surface area contributed by atoms with E-state index in [1.165, 1.54) is 5.57 Å². The maximum Gasteiger partial charge on any atom is 0.236 e. The molecule has 0 unspecified atom stereocenters. The Hall–Kier alpha value is -0.670. The van der Waals surface area contributed by atoms with Gasteiger partial charge in [0.05, 0.1) is 6.61 Å². The van der Waals surface area contributed by atoms with E-state index in [0.717, 1.165) is 12.8 Å². The highest BCUT2D eigenvalue weighted by molar-refractivity contribution is 5.93. The zero-order valence-electron chi connectivity index (χ0n) is 9.16. The molecule has 15 heavy (non-hydrogen) atoms. The minimum Gasteiger partial charge on any atom is -0.347 e. The number of Topliss-reactive ketones (excluding diaryl/α,β-unsaturated/α-hetero) is 1. The summed E-state index contributed by atoms with van der Waals surface area (Å²) >= 11 is 0. The zero-order valence-corrected chi connectivity index (χ0v) is 9.16. The van der Waals surface area contributed by atoms with Crippen LogP contribution in [0.4, 0.5) is 0 Å².